The molecule has 12 nitrogen and oxygen atoms in total. The maximum Gasteiger partial charge on any atom is 0.229 e. The van der Waals surface area contributed by atoms with E-state index < -0.39 is 40.6 Å². The molecule has 0 aromatic heterocycles. The maximum atomic E-state index is 13.7. The van der Waals surface area contributed by atoms with Gasteiger partial charge < -0.3 is 35.0 Å². The second-order valence-electron chi connectivity index (χ2n) is 12.7. The number of ether oxygens (including phenoxy) is 2. The van der Waals surface area contributed by atoms with Gasteiger partial charge in [0.15, 0.2) is 23.0 Å². The van der Waals surface area contributed by atoms with Crippen LogP contribution in [0.25, 0.3) is 6.08 Å². The SMILES string of the molecule is COc1c(C)cc2c(c1O)[C@@H]1C3=Cc4c(O)c(C)c(OC)c(O)c4[C@H](CNC(=O)C(C)C(=N)S(=N)c4ccccc4)N3[C@@H](C#N)[C@H](C2)N1C. The molecule has 6 rings (SSSR count). The number of hydrogen-bond donors (Lipinski definition) is 6. The number of carbonyl (C=O) groups is 1. The number of nitriles is 1. The zero-order chi connectivity index (χ0) is 35.5. The molecule has 49 heavy (non-hydrogen) atoms. The van der Waals surface area contributed by atoms with Gasteiger partial charge in [0.2, 0.25) is 5.91 Å². The van der Waals surface area contributed by atoms with Gasteiger partial charge >= 0.3 is 0 Å². The molecule has 6 atom stereocenters. The van der Waals surface area contributed by atoms with Crippen LogP contribution in [0, 0.1) is 41.3 Å². The van der Waals surface area contributed by atoms with E-state index in [-0.39, 0.29) is 46.2 Å². The number of nitrogens with zero attached hydrogens (tertiary/aromatic N) is 3. The van der Waals surface area contributed by atoms with Gasteiger partial charge in [-0.25, -0.2) is 0 Å². The van der Waals surface area contributed by atoms with Crippen molar-refractivity contribution >= 4 is 27.7 Å². The van der Waals surface area contributed by atoms with E-state index >= 15 is 0 Å². The topological polar surface area (TPSA) is 186 Å². The highest BCUT2D eigenvalue weighted by Gasteiger charge is 2.53. The summed E-state index contributed by atoms with van der Waals surface area (Å²) in [6.07, 6.45) is 2.18. The smallest absolute Gasteiger partial charge is 0.229 e. The summed E-state index contributed by atoms with van der Waals surface area (Å²) >= 11 is 0. The first-order valence-electron chi connectivity index (χ1n) is 15.9. The van der Waals surface area contributed by atoms with Crippen molar-refractivity contribution in [1.82, 2.24) is 15.1 Å². The van der Waals surface area contributed by atoms with Crippen LogP contribution in [0.2, 0.25) is 0 Å². The van der Waals surface area contributed by atoms with E-state index in [4.69, 9.17) is 19.7 Å². The van der Waals surface area contributed by atoms with E-state index in [1.54, 1.807) is 44.2 Å². The lowest BCUT2D eigenvalue weighted by Gasteiger charge is -2.57. The number of methoxy groups -OCH3 is 2. The molecule has 2 bridgehead atoms. The van der Waals surface area contributed by atoms with E-state index in [0.29, 0.717) is 39.5 Å². The Hall–Kier alpha value is -5.06. The molecule has 6 N–H and O–H groups in total. The maximum absolute atomic E-state index is 13.7. The lowest BCUT2D eigenvalue weighted by molar-refractivity contribution is -0.122. The van der Waals surface area contributed by atoms with Crippen molar-refractivity contribution in [2.75, 3.05) is 27.8 Å². The van der Waals surface area contributed by atoms with E-state index in [9.17, 15) is 25.4 Å². The van der Waals surface area contributed by atoms with Gasteiger partial charge in [-0.2, -0.15) is 5.26 Å². The third-order valence-corrected chi connectivity index (χ3v) is 11.6. The number of hydrogen-bond acceptors (Lipinski definition) is 11. The van der Waals surface area contributed by atoms with Crippen LogP contribution < -0.4 is 14.8 Å². The van der Waals surface area contributed by atoms with Gasteiger partial charge in [-0.1, -0.05) is 24.3 Å². The van der Waals surface area contributed by atoms with Gasteiger partial charge in [-0.3, -0.25) is 19.9 Å². The first kappa shape index (κ1) is 33.8. The van der Waals surface area contributed by atoms with E-state index in [2.05, 4.69) is 11.4 Å². The average Bonchev–Trinajstić information content (AvgIpc) is 3.09. The van der Waals surface area contributed by atoms with Crippen LogP contribution in [0.5, 0.6) is 28.7 Å². The Kier molecular flexibility index (Phi) is 8.81. The first-order valence-corrected chi connectivity index (χ1v) is 17.1. The van der Waals surface area contributed by atoms with Gasteiger partial charge in [0.1, 0.15) is 11.8 Å². The highest BCUT2D eigenvalue weighted by Crippen LogP contribution is 2.58. The molecule has 3 aliphatic rings. The number of amides is 1. The summed E-state index contributed by atoms with van der Waals surface area (Å²) in [7, 11) is 3.43. The summed E-state index contributed by atoms with van der Waals surface area (Å²) < 4.78 is 19.7. The van der Waals surface area contributed by atoms with E-state index in [1.807, 2.05) is 35.9 Å². The van der Waals surface area contributed by atoms with Gasteiger partial charge in [-0.15, -0.1) is 0 Å². The number of piperazine rings is 1. The largest absolute Gasteiger partial charge is 0.507 e. The number of fused-ring (bicyclic) bond motifs is 7. The van der Waals surface area contributed by atoms with Crippen molar-refractivity contribution < 1.29 is 29.6 Å². The van der Waals surface area contributed by atoms with Crippen LogP contribution in [-0.2, 0) is 21.9 Å². The normalized spacial score (nSPS) is 22.0. The number of phenols is 3. The molecular weight excluding hydrogens is 644 g/mol. The van der Waals surface area contributed by atoms with Crippen LogP contribution in [0.1, 0.15) is 52.4 Å². The fourth-order valence-electron chi connectivity index (χ4n) is 7.63. The minimum atomic E-state index is -1.36. The Labute approximate surface area is 287 Å². The van der Waals surface area contributed by atoms with Crippen LogP contribution in [0.4, 0.5) is 0 Å². The summed E-state index contributed by atoms with van der Waals surface area (Å²) in [5.41, 5.74) is 3.78. The molecule has 0 aliphatic carbocycles. The Morgan fingerprint density at radius 2 is 1.76 bits per heavy atom. The molecule has 3 aliphatic heterocycles. The van der Waals surface area contributed by atoms with Gasteiger partial charge in [0.25, 0.3) is 0 Å². The average molecular weight is 685 g/mol. The highest BCUT2D eigenvalue weighted by molar-refractivity contribution is 8.01. The molecule has 256 valence electrons. The lowest BCUT2D eigenvalue weighted by atomic mass is 9.75. The molecule has 1 saturated heterocycles. The number of likely N-dealkylation sites (N-methyl/N-ethyl adjacent to an activating group) is 1. The van der Waals surface area contributed by atoms with E-state index in [1.165, 1.54) is 14.2 Å². The highest BCUT2D eigenvalue weighted by atomic mass is 32.2. The Morgan fingerprint density at radius 3 is 2.39 bits per heavy atom. The predicted octanol–water partition coefficient (Wildman–Crippen LogP) is 4.81. The monoisotopic (exact) mass is 684 g/mol. The van der Waals surface area contributed by atoms with Crippen molar-refractivity contribution in [3.63, 3.8) is 0 Å². The summed E-state index contributed by atoms with van der Waals surface area (Å²) in [4.78, 5) is 18.2. The molecular formula is C36H40N6O6S. The molecule has 0 saturated carbocycles. The molecule has 13 heteroatoms. The summed E-state index contributed by atoms with van der Waals surface area (Å²) in [6, 6.07) is 10.9. The van der Waals surface area contributed by atoms with Crippen molar-refractivity contribution in [3.05, 3.63) is 75.5 Å². The van der Waals surface area contributed by atoms with Crippen molar-refractivity contribution in [2.24, 2.45) is 5.92 Å². The summed E-state index contributed by atoms with van der Waals surface area (Å²) in [5.74, 6) is -1.35. The van der Waals surface area contributed by atoms with Crippen molar-refractivity contribution in [1.29, 1.82) is 15.5 Å². The number of rotatable bonds is 7. The van der Waals surface area contributed by atoms with Crippen LogP contribution in [0.15, 0.2) is 47.0 Å². The Balaban J connectivity index is 1.47. The Bertz CT molecular complexity index is 1970. The van der Waals surface area contributed by atoms with Gasteiger partial charge in [0, 0.05) is 45.4 Å². The third kappa shape index (κ3) is 5.17. The van der Waals surface area contributed by atoms with Crippen molar-refractivity contribution in [3.8, 4) is 34.8 Å². The standard InChI is InChI=1S/C36H40N6O6S/c1-17-12-20-13-23-25(15-37)42-24(29(41(23)4)27(20)31(44)33(17)47-5)14-22-28(32(45)34(48-6)18(2)30(22)43)26(42)16-40-36(46)19(3)35(38)49(39)21-10-8-7-9-11-21/h7-12,14,19,23,25-26,29,38-39,43-45H,13,16H2,1-6H3,(H,40,46)/t19?,23-,25-,26-,29-,49?/m0/s1. The molecule has 2 unspecified atom stereocenters. The fraction of sp³-hybridized carbons (Fsp3) is 0.361. The third-order valence-electron chi connectivity index (χ3n) is 10.1. The number of phenolic OH excluding ortho intramolecular Hbond substituents is 3. The number of benzene rings is 3. The van der Waals surface area contributed by atoms with Crippen LogP contribution >= 0.6 is 0 Å². The van der Waals surface area contributed by atoms with E-state index in [0.717, 1.165) is 11.1 Å². The zero-order valence-electron chi connectivity index (χ0n) is 28.2. The van der Waals surface area contributed by atoms with Crippen LogP contribution in [-0.4, -0.2) is 76.0 Å². The van der Waals surface area contributed by atoms with Crippen molar-refractivity contribution in [2.45, 2.75) is 56.3 Å². The van der Waals surface area contributed by atoms with Gasteiger partial charge in [-0.05, 0) is 74.3 Å². The van der Waals surface area contributed by atoms with Gasteiger partial charge in [0.05, 0.1) is 43.3 Å². The molecule has 0 radical (unpaired) electrons. The molecule has 3 aromatic rings. The lowest BCUT2D eigenvalue weighted by Crippen LogP contribution is -2.62. The molecule has 3 aromatic carbocycles. The number of carbonyl (C=O) groups excluding carboxylic acids is 1. The second-order valence-corrected chi connectivity index (χ2v) is 14.2. The quantitative estimate of drug-likeness (QED) is 0.115. The predicted molar refractivity (Wildman–Crippen MR) is 185 cm³/mol. The minimum absolute atomic E-state index is 0.00535. The molecule has 1 fully saturated rings. The zero-order valence-corrected chi connectivity index (χ0v) is 29.0. The molecule has 1 amide bonds. The second kappa shape index (κ2) is 12.8. The fourth-order valence-corrected chi connectivity index (χ4v) is 8.77. The number of aryl methyl sites for hydroxylation is 1. The molecule has 0 spiro atoms. The number of nitrogens with one attached hydrogen (secondary N) is 3. The minimum Gasteiger partial charge on any atom is -0.507 e. The molecule has 3 heterocycles. The first-order chi connectivity index (χ1) is 23.4. The summed E-state index contributed by atoms with van der Waals surface area (Å²) in [5, 5.41) is 57.1. The van der Waals surface area contributed by atoms with Crippen LogP contribution in [0.3, 0.4) is 0 Å². The summed E-state index contributed by atoms with van der Waals surface area (Å²) in [6.45, 7) is 4.97. The number of aromatic hydroxyl groups is 3. The Morgan fingerprint density at radius 1 is 1.10 bits per heavy atom.